The van der Waals surface area contributed by atoms with Crippen LogP contribution < -0.4 is 10.1 Å². The first-order valence-electron chi connectivity index (χ1n) is 13.7. The van der Waals surface area contributed by atoms with E-state index < -0.39 is 35.0 Å². The average molecular weight is 594 g/mol. The zero-order valence-corrected chi connectivity index (χ0v) is 23.7. The van der Waals surface area contributed by atoms with E-state index in [4.69, 9.17) is 4.74 Å². The van der Waals surface area contributed by atoms with E-state index in [9.17, 15) is 18.4 Å². The Bertz CT molecular complexity index is 1740. The monoisotopic (exact) mass is 593 g/mol. The number of aromatic nitrogens is 2. The smallest absolute Gasteiger partial charge is 0.416 e. The molecule has 1 unspecified atom stereocenters. The van der Waals surface area contributed by atoms with E-state index >= 15 is 8.78 Å². The van der Waals surface area contributed by atoms with Crippen LogP contribution in [0.5, 0.6) is 5.75 Å². The molecule has 0 fully saturated rings. The third kappa shape index (κ3) is 6.38. The molecule has 1 atom stereocenters. The van der Waals surface area contributed by atoms with Crippen molar-refractivity contribution in [1.29, 1.82) is 5.26 Å². The van der Waals surface area contributed by atoms with Gasteiger partial charge in [-0.2, -0.15) is 18.4 Å². The highest BCUT2D eigenvalue weighted by molar-refractivity contribution is 6.11. The number of halogens is 5. The number of amidine groups is 1. The average Bonchev–Trinajstić information content (AvgIpc) is 3.28. The van der Waals surface area contributed by atoms with Gasteiger partial charge in [0.2, 0.25) is 0 Å². The van der Waals surface area contributed by atoms with Gasteiger partial charge in [-0.25, -0.2) is 18.8 Å². The molecule has 43 heavy (non-hydrogen) atoms. The fourth-order valence-electron chi connectivity index (χ4n) is 5.10. The van der Waals surface area contributed by atoms with E-state index in [2.05, 4.69) is 15.3 Å². The summed E-state index contributed by atoms with van der Waals surface area (Å²) < 4.78 is 79.9. The van der Waals surface area contributed by atoms with Crippen LogP contribution in [0.1, 0.15) is 55.5 Å². The summed E-state index contributed by atoms with van der Waals surface area (Å²) in [6.45, 7) is 5.30. The van der Waals surface area contributed by atoms with E-state index in [1.807, 2.05) is 13.0 Å². The SMILES string of the molecule is CC1=Cc2c(F)c(OC3=C(C#N)C(Nc4cc(-n5cnc(C)c5)cc(C(F)(F)F)c4)=NC=CCC3C)cc(F)c2CCC1. The topological polar surface area (TPSA) is 75.2 Å². The zero-order valence-electron chi connectivity index (χ0n) is 23.7. The van der Waals surface area contributed by atoms with Crippen LogP contribution in [-0.4, -0.2) is 15.4 Å². The summed E-state index contributed by atoms with van der Waals surface area (Å²) in [7, 11) is 0. The molecule has 2 aromatic carbocycles. The van der Waals surface area contributed by atoms with Gasteiger partial charge in [0.25, 0.3) is 0 Å². The highest BCUT2D eigenvalue weighted by Gasteiger charge is 2.32. The van der Waals surface area contributed by atoms with Gasteiger partial charge >= 0.3 is 6.18 Å². The van der Waals surface area contributed by atoms with Crippen LogP contribution in [0.25, 0.3) is 11.8 Å². The Balaban J connectivity index is 1.59. The Kier molecular flexibility index (Phi) is 8.22. The van der Waals surface area contributed by atoms with Crippen LogP contribution in [-0.2, 0) is 12.6 Å². The molecule has 11 heteroatoms. The number of fused-ring (bicyclic) bond motifs is 1. The first kappa shape index (κ1) is 29.8. The van der Waals surface area contributed by atoms with Crippen molar-refractivity contribution in [3.05, 3.63) is 100.0 Å². The fraction of sp³-hybridized carbons (Fsp3) is 0.281. The normalized spacial score (nSPS) is 17.2. The highest BCUT2D eigenvalue weighted by Crippen LogP contribution is 2.36. The molecule has 0 radical (unpaired) electrons. The van der Waals surface area contributed by atoms with Crippen molar-refractivity contribution >= 4 is 17.6 Å². The van der Waals surface area contributed by atoms with E-state index in [0.29, 0.717) is 31.4 Å². The second-order valence-electron chi connectivity index (χ2n) is 10.7. The van der Waals surface area contributed by atoms with Gasteiger partial charge in [-0.05, 0) is 63.3 Å². The van der Waals surface area contributed by atoms with Crippen molar-refractivity contribution in [3.63, 3.8) is 0 Å². The summed E-state index contributed by atoms with van der Waals surface area (Å²) in [5, 5.41) is 13.1. The summed E-state index contributed by atoms with van der Waals surface area (Å²) in [4.78, 5) is 8.36. The van der Waals surface area contributed by atoms with Gasteiger partial charge < -0.3 is 14.6 Å². The van der Waals surface area contributed by atoms with E-state index in [1.165, 1.54) is 23.2 Å². The number of nitrogens with one attached hydrogen (secondary N) is 1. The number of hydrogen-bond donors (Lipinski definition) is 1. The molecule has 1 aromatic heterocycles. The molecule has 1 aliphatic heterocycles. The number of nitrogens with zero attached hydrogens (tertiary/aromatic N) is 4. The maximum absolute atomic E-state index is 15.8. The summed E-state index contributed by atoms with van der Waals surface area (Å²) in [6.07, 6.45) is 5.16. The van der Waals surface area contributed by atoms with E-state index in [0.717, 1.165) is 23.8 Å². The Morgan fingerprint density at radius 2 is 1.91 bits per heavy atom. The maximum Gasteiger partial charge on any atom is 0.416 e. The number of rotatable bonds is 4. The Morgan fingerprint density at radius 1 is 1.12 bits per heavy atom. The summed E-state index contributed by atoms with van der Waals surface area (Å²) in [5.74, 6) is -2.35. The first-order chi connectivity index (χ1) is 20.4. The van der Waals surface area contributed by atoms with Crippen molar-refractivity contribution in [1.82, 2.24) is 9.55 Å². The molecular formula is C32H28F5N5O. The molecular weight excluding hydrogens is 565 g/mol. The molecule has 2 heterocycles. The highest BCUT2D eigenvalue weighted by atomic mass is 19.4. The Morgan fingerprint density at radius 3 is 2.60 bits per heavy atom. The number of benzene rings is 2. The van der Waals surface area contributed by atoms with Crippen LogP contribution in [0.3, 0.4) is 0 Å². The standard InChI is InChI=1S/C32H28F5N5O/c1-18-6-4-8-24-25(10-18)29(34)28(14-27(24)33)43-30-19(2)7-5-9-39-31(26(30)15-38)41-22-11-21(32(35,36)37)12-23(13-22)42-16-20(3)40-17-42/h5,9-14,16-17,19H,4,6-8H2,1-3H3,(H,39,41). The molecule has 0 spiro atoms. The largest absolute Gasteiger partial charge is 0.457 e. The Labute approximate surface area is 245 Å². The number of anilines is 1. The number of nitriles is 1. The van der Waals surface area contributed by atoms with Crippen molar-refractivity contribution < 1.29 is 26.7 Å². The van der Waals surface area contributed by atoms with Gasteiger partial charge in [0.05, 0.1) is 17.6 Å². The molecule has 6 nitrogen and oxygen atoms in total. The fourth-order valence-corrected chi connectivity index (χ4v) is 5.10. The summed E-state index contributed by atoms with van der Waals surface area (Å²) >= 11 is 0. The first-order valence-corrected chi connectivity index (χ1v) is 13.7. The second-order valence-corrected chi connectivity index (χ2v) is 10.7. The lowest BCUT2D eigenvalue weighted by molar-refractivity contribution is -0.137. The molecule has 5 rings (SSSR count). The minimum Gasteiger partial charge on any atom is -0.457 e. The third-order valence-electron chi connectivity index (χ3n) is 7.29. The third-order valence-corrected chi connectivity index (χ3v) is 7.29. The molecule has 222 valence electrons. The molecule has 1 N–H and O–H groups in total. The van der Waals surface area contributed by atoms with Crippen LogP contribution in [0.4, 0.5) is 27.6 Å². The molecule has 0 saturated carbocycles. The molecule has 2 aliphatic rings. The van der Waals surface area contributed by atoms with Crippen molar-refractivity contribution in [2.45, 2.75) is 52.6 Å². The van der Waals surface area contributed by atoms with Crippen molar-refractivity contribution in [3.8, 4) is 17.5 Å². The molecule has 0 saturated heterocycles. The minimum atomic E-state index is -4.67. The predicted molar refractivity (Wildman–Crippen MR) is 153 cm³/mol. The number of hydrogen-bond acceptors (Lipinski definition) is 5. The lowest BCUT2D eigenvalue weighted by Gasteiger charge is -2.22. The number of ether oxygens (including phenoxy) is 1. The van der Waals surface area contributed by atoms with Crippen LogP contribution in [0, 0.1) is 35.8 Å². The molecule has 0 amide bonds. The molecule has 3 aromatic rings. The number of allylic oxidation sites excluding steroid dienone is 3. The number of imidazole rings is 1. The molecule has 0 bridgehead atoms. The number of alkyl halides is 3. The predicted octanol–water partition coefficient (Wildman–Crippen LogP) is 8.44. The van der Waals surface area contributed by atoms with Gasteiger partial charge in [0, 0.05) is 41.3 Å². The maximum atomic E-state index is 15.8. The van der Waals surface area contributed by atoms with Crippen LogP contribution >= 0.6 is 0 Å². The van der Waals surface area contributed by atoms with Crippen molar-refractivity contribution in [2.24, 2.45) is 10.9 Å². The van der Waals surface area contributed by atoms with Crippen LogP contribution in [0.15, 0.2) is 71.0 Å². The van der Waals surface area contributed by atoms with Gasteiger partial charge in [0.15, 0.2) is 17.4 Å². The van der Waals surface area contributed by atoms with Crippen LogP contribution in [0.2, 0.25) is 0 Å². The van der Waals surface area contributed by atoms with Gasteiger partial charge in [0.1, 0.15) is 23.2 Å². The summed E-state index contributed by atoms with van der Waals surface area (Å²) in [5.41, 5.74) is 0.974. The second kappa shape index (κ2) is 11.9. The lowest BCUT2D eigenvalue weighted by atomic mass is 9.99. The van der Waals surface area contributed by atoms with E-state index in [1.54, 1.807) is 32.2 Å². The van der Waals surface area contributed by atoms with E-state index in [-0.39, 0.29) is 39.7 Å². The van der Waals surface area contributed by atoms with Gasteiger partial charge in [-0.15, -0.1) is 0 Å². The number of aryl methyl sites for hydroxylation is 1. The number of aliphatic imine (C=N–C) groups is 1. The minimum absolute atomic E-state index is 0.00288. The quantitative estimate of drug-likeness (QED) is 0.308. The Hall–Kier alpha value is -4.72. The zero-order chi connectivity index (χ0) is 30.9. The molecule has 1 aliphatic carbocycles. The van der Waals surface area contributed by atoms with Crippen molar-refractivity contribution in [2.75, 3.05) is 5.32 Å². The lowest BCUT2D eigenvalue weighted by Crippen LogP contribution is -2.22. The summed E-state index contributed by atoms with van der Waals surface area (Å²) in [6, 6.07) is 6.32. The van der Waals surface area contributed by atoms with Gasteiger partial charge in [-0.3, -0.25) is 0 Å². The van der Waals surface area contributed by atoms with Gasteiger partial charge in [-0.1, -0.05) is 24.6 Å².